The molecule has 3 rings (SSSR count). The molecule has 0 atom stereocenters. The summed E-state index contributed by atoms with van der Waals surface area (Å²) in [6, 6.07) is 7.86. The third-order valence-corrected chi connectivity index (χ3v) is 5.09. The van der Waals surface area contributed by atoms with Crippen molar-refractivity contribution < 1.29 is 14.2 Å². The summed E-state index contributed by atoms with van der Waals surface area (Å²) in [5.74, 6) is 2.38. The Labute approximate surface area is 153 Å². The van der Waals surface area contributed by atoms with Crippen LogP contribution in [0.3, 0.4) is 0 Å². The monoisotopic (exact) mass is 360 g/mol. The first-order valence-corrected chi connectivity index (χ1v) is 9.31. The summed E-state index contributed by atoms with van der Waals surface area (Å²) in [6.07, 6.45) is 0.777. The van der Waals surface area contributed by atoms with Gasteiger partial charge in [0.05, 0.1) is 31.6 Å². The second-order valence-electron chi connectivity index (χ2n) is 6.58. The summed E-state index contributed by atoms with van der Waals surface area (Å²) in [5, 5.41) is 0.982. The highest BCUT2D eigenvalue weighted by atomic mass is 32.2. The van der Waals surface area contributed by atoms with Crippen molar-refractivity contribution in [2.75, 3.05) is 26.6 Å². The highest BCUT2D eigenvalue weighted by Gasteiger charge is 2.30. The van der Waals surface area contributed by atoms with Gasteiger partial charge in [-0.05, 0) is 26.0 Å². The Morgan fingerprint density at radius 2 is 2.08 bits per heavy atom. The van der Waals surface area contributed by atoms with E-state index in [0.29, 0.717) is 13.2 Å². The molecular weight excluding hydrogens is 336 g/mol. The molecule has 1 aliphatic rings. The number of hydrogen-bond donors (Lipinski definition) is 0. The van der Waals surface area contributed by atoms with Gasteiger partial charge in [0, 0.05) is 30.4 Å². The van der Waals surface area contributed by atoms with Gasteiger partial charge in [-0.1, -0.05) is 12.1 Å². The molecule has 0 unspecified atom stereocenters. The minimum Gasteiger partial charge on any atom is -0.497 e. The summed E-state index contributed by atoms with van der Waals surface area (Å²) in [6.45, 7) is 5.43. The zero-order valence-corrected chi connectivity index (χ0v) is 16.0. The molecule has 2 aromatic rings. The molecule has 0 saturated carbocycles. The van der Waals surface area contributed by atoms with E-state index < -0.39 is 0 Å². The van der Waals surface area contributed by atoms with Crippen molar-refractivity contribution in [3.63, 3.8) is 0 Å². The molecular formula is C19H24N2O3S. The minimum atomic E-state index is -0.207. The Kier molecular flexibility index (Phi) is 5.61. The Morgan fingerprint density at radius 1 is 1.24 bits per heavy atom. The van der Waals surface area contributed by atoms with Crippen LogP contribution in [0.4, 0.5) is 0 Å². The molecule has 0 saturated heterocycles. The van der Waals surface area contributed by atoms with Gasteiger partial charge >= 0.3 is 0 Å². The van der Waals surface area contributed by atoms with Crippen molar-refractivity contribution >= 4 is 11.8 Å². The molecule has 0 N–H and O–H groups in total. The van der Waals surface area contributed by atoms with E-state index in [1.165, 1.54) is 0 Å². The molecule has 5 nitrogen and oxygen atoms in total. The van der Waals surface area contributed by atoms with E-state index in [2.05, 4.69) is 13.8 Å². The lowest BCUT2D eigenvalue weighted by atomic mass is 9.96. The number of aromatic nitrogens is 2. The maximum Gasteiger partial charge on any atom is 0.160 e. The van der Waals surface area contributed by atoms with E-state index in [0.717, 1.165) is 45.6 Å². The Hall–Kier alpha value is -1.63. The van der Waals surface area contributed by atoms with Crippen molar-refractivity contribution in [2.45, 2.75) is 37.5 Å². The fourth-order valence-corrected chi connectivity index (χ4v) is 3.70. The van der Waals surface area contributed by atoms with Gasteiger partial charge in [0.1, 0.15) is 10.8 Å². The number of nitrogens with zero attached hydrogens (tertiary/aromatic N) is 2. The van der Waals surface area contributed by atoms with E-state index in [9.17, 15) is 0 Å². The molecule has 0 fully saturated rings. The van der Waals surface area contributed by atoms with Crippen LogP contribution in [-0.2, 0) is 22.5 Å². The normalized spacial score (nSPS) is 15.7. The zero-order chi connectivity index (χ0) is 17.9. The average molecular weight is 360 g/mol. The Balaban J connectivity index is 2.02. The first-order valence-electron chi connectivity index (χ1n) is 8.32. The number of fused-ring (bicyclic) bond motifs is 1. The van der Waals surface area contributed by atoms with Crippen LogP contribution in [0, 0.1) is 0 Å². The quantitative estimate of drug-likeness (QED) is 0.444. The van der Waals surface area contributed by atoms with Crippen molar-refractivity contribution in [1.29, 1.82) is 0 Å². The summed E-state index contributed by atoms with van der Waals surface area (Å²) >= 11 is 1.69. The summed E-state index contributed by atoms with van der Waals surface area (Å²) in [4.78, 5) is 9.66. The van der Waals surface area contributed by atoms with Crippen molar-refractivity contribution in [2.24, 2.45) is 0 Å². The lowest BCUT2D eigenvalue weighted by molar-refractivity contribution is -0.0428. The highest BCUT2D eigenvalue weighted by Crippen LogP contribution is 2.34. The van der Waals surface area contributed by atoms with Gasteiger partial charge in [-0.3, -0.25) is 0 Å². The third kappa shape index (κ3) is 4.32. The van der Waals surface area contributed by atoms with Crippen molar-refractivity contribution in [1.82, 2.24) is 9.97 Å². The Morgan fingerprint density at radius 3 is 2.84 bits per heavy atom. The van der Waals surface area contributed by atoms with Gasteiger partial charge in [0.2, 0.25) is 0 Å². The first-order chi connectivity index (χ1) is 12.0. The number of ether oxygens (including phenoxy) is 3. The van der Waals surface area contributed by atoms with Gasteiger partial charge in [0.25, 0.3) is 0 Å². The van der Waals surface area contributed by atoms with Crippen molar-refractivity contribution in [3.8, 4) is 17.1 Å². The SMILES string of the molecule is COCCSc1nc(-c2cccc(OC)c2)nc2c1COC(C)(C)C2. The molecule has 1 aromatic carbocycles. The molecule has 134 valence electrons. The summed E-state index contributed by atoms with van der Waals surface area (Å²) in [5.41, 5.74) is 2.93. The van der Waals surface area contributed by atoms with E-state index in [-0.39, 0.29) is 5.60 Å². The van der Waals surface area contributed by atoms with Crippen LogP contribution < -0.4 is 4.74 Å². The molecule has 25 heavy (non-hydrogen) atoms. The second-order valence-corrected chi connectivity index (χ2v) is 7.66. The van der Waals surface area contributed by atoms with Gasteiger partial charge < -0.3 is 14.2 Å². The van der Waals surface area contributed by atoms with Gasteiger partial charge in [0.15, 0.2) is 5.82 Å². The fraction of sp³-hybridized carbons (Fsp3) is 0.474. The largest absolute Gasteiger partial charge is 0.497 e. The van der Waals surface area contributed by atoms with Crippen LogP contribution in [-0.4, -0.2) is 42.1 Å². The molecule has 6 heteroatoms. The lowest BCUT2D eigenvalue weighted by Crippen LogP contribution is -2.33. The van der Waals surface area contributed by atoms with Crippen LogP contribution in [0.25, 0.3) is 11.4 Å². The molecule has 0 radical (unpaired) electrons. The molecule has 1 aromatic heterocycles. The topological polar surface area (TPSA) is 53.5 Å². The number of benzene rings is 1. The van der Waals surface area contributed by atoms with Crippen molar-refractivity contribution in [3.05, 3.63) is 35.5 Å². The second kappa shape index (κ2) is 7.72. The van der Waals surface area contributed by atoms with Crippen LogP contribution >= 0.6 is 11.8 Å². The number of rotatable bonds is 6. The molecule has 2 heterocycles. The minimum absolute atomic E-state index is 0.207. The maximum absolute atomic E-state index is 5.98. The fourth-order valence-electron chi connectivity index (χ4n) is 2.75. The van der Waals surface area contributed by atoms with E-state index in [1.807, 2.05) is 24.3 Å². The maximum atomic E-state index is 5.98. The van der Waals surface area contributed by atoms with Crippen LogP contribution in [0.15, 0.2) is 29.3 Å². The lowest BCUT2D eigenvalue weighted by Gasteiger charge is -2.32. The van der Waals surface area contributed by atoms with Crippen LogP contribution in [0.1, 0.15) is 25.1 Å². The average Bonchev–Trinajstić information content (AvgIpc) is 2.60. The third-order valence-electron chi connectivity index (χ3n) is 4.11. The Bertz CT molecular complexity index is 749. The first kappa shape index (κ1) is 18.2. The smallest absolute Gasteiger partial charge is 0.160 e. The van der Waals surface area contributed by atoms with E-state index in [4.69, 9.17) is 24.2 Å². The molecule has 0 amide bonds. The molecule has 1 aliphatic heterocycles. The van der Waals surface area contributed by atoms with Crippen LogP contribution in [0.2, 0.25) is 0 Å². The van der Waals surface area contributed by atoms with Crippen LogP contribution in [0.5, 0.6) is 5.75 Å². The standard InChI is InChI=1S/C19H24N2O3S/c1-19(2)11-16-15(12-24-19)18(25-9-8-22-3)21-17(20-16)13-6-5-7-14(10-13)23-4/h5-7,10H,8-9,11-12H2,1-4H3. The highest BCUT2D eigenvalue weighted by molar-refractivity contribution is 7.99. The zero-order valence-electron chi connectivity index (χ0n) is 15.2. The van der Waals surface area contributed by atoms with Gasteiger partial charge in [-0.25, -0.2) is 9.97 Å². The molecule has 0 bridgehead atoms. The van der Waals surface area contributed by atoms with Gasteiger partial charge in [-0.15, -0.1) is 11.8 Å². The molecule has 0 aliphatic carbocycles. The predicted molar refractivity (Wildman–Crippen MR) is 99.2 cm³/mol. The number of methoxy groups -OCH3 is 2. The number of thioether (sulfide) groups is 1. The predicted octanol–water partition coefficient (Wildman–Crippen LogP) is 3.74. The van der Waals surface area contributed by atoms with E-state index in [1.54, 1.807) is 26.0 Å². The van der Waals surface area contributed by atoms with E-state index >= 15 is 0 Å². The molecule has 0 spiro atoms. The summed E-state index contributed by atoms with van der Waals surface area (Å²) < 4.78 is 16.5. The summed E-state index contributed by atoms with van der Waals surface area (Å²) in [7, 11) is 3.38. The number of hydrogen-bond acceptors (Lipinski definition) is 6. The van der Waals surface area contributed by atoms with Gasteiger partial charge in [-0.2, -0.15) is 0 Å².